The molecule has 0 atom stereocenters. The van der Waals surface area contributed by atoms with E-state index in [-0.39, 0.29) is 12.5 Å². The van der Waals surface area contributed by atoms with Crippen LogP contribution in [0.5, 0.6) is 0 Å². The minimum atomic E-state index is -0.459. The predicted octanol–water partition coefficient (Wildman–Crippen LogP) is 2.85. The third-order valence-corrected chi connectivity index (χ3v) is 3.44. The quantitative estimate of drug-likeness (QED) is 0.829. The highest BCUT2D eigenvalue weighted by atomic mass is 79.9. The lowest BCUT2D eigenvalue weighted by Crippen LogP contribution is -2.17. The fourth-order valence-corrected chi connectivity index (χ4v) is 2.55. The number of amides is 1. The zero-order valence-corrected chi connectivity index (χ0v) is 13.6. The molecule has 0 saturated carbocycles. The molecule has 112 valence electrons. The molecule has 0 saturated heterocycles. The molecule has 6 nitrogen and oxygen atoms in total. The van der Waals surface area contributed by atoms with Gasteiger partial charge in [0, 0.05) is 29.6 Å². The first-order valence-corrected chi connectivity index (χ1v) is 7.21. The van der Waals surface area contributed by atoms with Gasteiger partial charge in [0.1, 0.15) is 11.3 Å². The van der Waals surface area contributed by atoms with Gasteiger partial charge in [0.05, 0.1) is 12.3 Å². The summed E-state index contributed by atoms with van der Waals surface area (Å²) in [5, 5.41) is 2.73. The highest BCUT2D eigenvalue weighted by molar-refractivity contribution is 9.10. The topological polar surface area (TPSA) is 76.1 Å². The zero-order valence-electron chi connectivity index (χ0n) is 12.0. The number of esters is 1. The summed E-state index contributed by atoms with van der Waals surface area (Å²) in [4.78, 5) is 27.1. The number of ether oxygens (including phenoxy) is 1. The Morgan fingerprint density at radius 1 is 1.48 bits per heavy atom. The average molecular weight is 354 g/mol. The summed E-state index contributed by atoms with van der Waals surface area (Å²) in [5.41, 5.74) is 1.89. The third-order valence-electron chi connectivity index (χ3n) is 3.01. The number of rotatable bonds is 4. The number of H-pyrrole nitrogens is 1. The molecule has 7 heteroatoms. The van der Waals surface area contributed by atoms with Gasteiger partial charge in [-0.2, -0.15) is 0 Å². The number of halogens is 1. The summed E-state index contributed by atoms with van der Waals surface area (Å²) in [7, 11) is 1.77. The van der Waals surface area contributed by atoms with E-state index in [0.29, 0.717) is 22.6 Å². The molecular weight excluding hydrogens is 338 g/mol. The largest absolute Gasteiger partial charge is 0.462 e. The maximum atomic E-state index is 12.3. The van der Waals surface area contributed by atoms with Crippen LogP contribution >= 0.6 is 15.9 Å². The van der Waals surface area contributed by atoms with Crippen LogP contribution in [0.1, 0.15) is 33.5 Å². The molecule has 0 bridgehead atoms. The fourth-order valence-electron chi connectivity index (χ4n) is 2.03. The van der Waals surface area contributed by atoms with Crippen molar-refractivity contribution in [3.05, 3.63) is 39.9 Å². The Morgan fingerprint density at radius 2 is 2.19 bits per heavy atom. The van der Waals surface area contributed by atoms with E-state index in [4.69, 9.17) is 4.74 Å². The molecule has 0 aliphatic heterocycles. The fraction of sp³-hybridized carbons (Fsp3) is 0.286. The van der Waals surface area contributed by atoms with E-state index in [1.807, 2.05) is 0 Å². The second-order valence-electron chi connectivity index (χ2n) is 4.53. The van der Waals surface area contributed by atoms with Gasteiger partial charge in [0.2, 0.25) is 0 Å². The number of hydrogen-bond acceptors (Lipinski definition) is 3. The van der Waals surface area contributed by atoms with Gasteiger partial charge < -0.3 is 19.6 Å². The van der Waals surface area contributed by atoms with Crippen LogP contribution in [0, 0.1) is 6.92 Å². The standard InChI is InChI=1S/C14H16BrN3O3/c1-4-21-14(20)12-8(2)16-6-10(12)17-13(19)11-5-9(15)7-18(11)3/h5-7,16H,4H2,1-3H3,(H,17,19). The van der Waals surface area contributed by atoms with Gasteiger partial charge in [-0.25, -0.2) is 4.79 Å². The molecule has 0 aliphatic rings. The van der Waals surface area contributed by atoms with Crippen molar-refractivity contribution in [2.24, 2.45) is 7.05 Å². The lowest BCUT2D eigenvalue weighted by molar-refractivity contribution is 0.0527. The number of nitrogens with zero attached hydrogens (tertiary/aromatic N) is 1. The second kappa shape index (κ2) is 6.17. The third kappa shape index (κ3) is 3.18. The zero-order chi connectivity index (χ0) is 15.6. The molecule has 2 aromatic rings. The first-order chi connectivity index (χ1) is 9.93. The van der Waals surface area contributed by atoms with Gasteiger partial charge in [-0.15, -0.1) is 0 Å². The lowest BCUT2D eigenvalue weighted by Gasteiger charge is -2.07. The molecule has 1 amide bonds. The van der Waals surface area contributed by atoms with Crippen molar-refractivity contribution < 1.29 is 14.3 Å². The van der Waals surface area contributed by atoms with Gasteiger partial charge in [0.25, 0.3) is 5.91 Å². The molecule has 2 heterocycles. The molecule has 21 heavy (non-hydrogen) atoms. The summed E-state index contributed by atoms with van der Waals surface area (Å²) < 4.78 is 7.51. The van der Waals surface area contributed by atoms with Gasteiger partial charge in [-0.1, -0.05) is 0 Å². The summed E-state index contributed by atoms with van der Waals surface area (Å²) in [5.74, 6) is -0.757. The molecule has 0 spiro atoms. The van der Waals surface area contributed by atoms with E-state index >= 15 is 0 Å². The smallest absolute Gasteiger partial charge is 0.342 e. The van der Waals surface area contributed by atoms with E-state index < -0.39 is 5.97 Å². The van der Waals surface area contributed by atoms with Crippen molar-refractivity contribution in [1.82, 2.24) is 9.55 Å². The average Bonchev–Trinajstić information content (AvgIpc) is 2.92. The van der Waals surface area contributed by atoms with Crippen molar-refractivity contribution in [2.45, 2.75) is 13.8 Å². The van der Waals surface area contributed by atoms with Crippen molar-refractivity contribution in [3.63, 3.8) is 0 Å². The summed E-state index contributed by atoms with van der Waals surface area (Å²) >= 11 is 3.32. The van der Waals surface area contributed by atoms with Crippen LogP contribution in [0.15, 0.2) is 22.9 Å². The minimum absolute atomic E-state index is 0.279. The first kappa shape index (κ1) is 15.4. The molecule has 0 aromatic carbocycles. The molecule has 0 aliphatic carbocycles. The van der Waals surface area contributed by atoms with E-state index in [0.717, 1.165) is 4.47 Å². The molecule has 2 N–H and O–H groups in total. The van der Waals surface area contributed by atoms with Crippen molar-refractivity contribution in [2.75, 3.05) is 11.9 Å². The summed E-state index contributed by atoms with van der Waals surface area (Å²) in [6.45, 7) is 3.77. The second-order valence-corrected chi connectivity index (χ2v) is 5.45. The highest BCUT2D eigenvalue weighted by Gasteiger charge is 2.20. The van der Waals surface area contributed by atoms with Gasteiger partial charge in [-0.05, 0) is 35.8 Å². The normalized spacial score (nSPS) is 10.5. The van der Waals surface area contributed by atoms with Gasteiger partial charge in [0.15, 0.2) is 0 Å². The Kier molecular flexibility index (Phi) is 4.52. The SMILES string of the molecule is CCOC(=O)c1c(NC(=O)c2cc(Br)cn2C)c[nH]c1C. The van der Waals surface area contributed by atoms with Crippen LogP contribution in [0.2, 0.25) is 0 Å². The maximum Gasteiger partial charge on any atom is 0.342 e. The van der Waals surface area contributed by atoms with Crippen LogP contribution in [0.3, 0.4) is 0 Å². The first-order valence-electron chi connectivity index (χ1n) is 6.42. The Bertz CT molecular complexity index is 688. The monoisotopic (exact) mass is 353 g/mol. The molecular formula is C14H16BrN3O3. The molecule has 2 aromatic heterocycles. The number of hydrogen-bond donors (Lipinski definition) is 2. The molecule has 0 radical (unpaired) electrons. The number of aromatic nitrogens is 2. The van der Waals surface area contributed by atoms with E-state index in [9.17, 15) is 9.59 Å². The maximum absolute atomic E-state index is 12.3. The van der Waals surface area contributed by atoms with E-state index in [1.54, 1.807) is 43.9 Å². The minimum Gasteiger partial charge on any atom is -0.462 e. The Labute approximate surface area is 130 Å². The predicted molar refractivity (Wildman–Crippen MR) is 82.6 cm³/mol. The van der Waals surface area contributed by atoms with Crippen LogP contribution < -0.4 is 5.32 Å². The van der Waals surface area contributed by atoms with Crippen molar-refractivity contribution in [1.29, 1.82) is 0 Å². The number of carbonyl (C=O) groups excluding carboxylic acids is 2. The number of aromatic amines is 1. The van der Waals surface area contributed by atoms with Crippen LogP contribution in [-0.2, 0) is 11.8 Å². The summed E-state index contributed by atoms with van der Waals surface area (Å²) in [6, 6.07) is 1.71. The van der Waals surface area contributed by atoms with Crippen molar-refractivity contribution in [3.8, 4) is 0 Å². The van der Waals surface area contributed by atoms with Crippen LogP contribution in [-0.4, -0.2) is 28.0 Å². The Hall–Kier alpha value is -2.02. The Balaban J connectivity index is 2.26. The number of nitrogens with one attached hydrogen (secondary N) is 2. The molecule has 0 fully saturated rings. The highest BCUT2D eigenvalue weighted by Crippen LogP contribution is 2.22. The van der Waals surface area contributed by atoms with Crippen molar-refractivity contribution >= 4 is 33.5 Å². The van der Waals surface area contributed by atoms with Gasteiger partial charge >= 0.3 is 5.97 Å². The van der Waals surface area contributed by atoms with E-state index in [1.165, 1.54) is 0 Å². The Morgan fingerprint density at radius 3 is 2.76 bits per heavy atom. The number of anilines is 1. The number of aryl methyl sites for hydroxylation is 2. The van der Waals surface area contributed by atoms with Crippen LogP contribution in [0.4, 0.5) is 5.69 Å². The lowest BCUT2D eigenvalue weighted by atomic mass is 10.2. The molecule has 0 unspecified atom stereocenters. The van der Waals surface area contributed by atoms with Gasteiger partial charge in [-0.3, -0.25) is 4.79 Å². The summed E-state index contributed by atoms with van der Waals surface area (Å²) in [6.07, 6.45) is 3.36. The number of carbonyl (C=O) groups is 2. The molecule has 2 rings (SSSR count). The van der Waals surface area contributed by atoms with E-state index in [2.05, 4.69) is 26.2 Å². The van der Waals surface area contributed by atoms with Crippen LogP contribution in [0.25, 0.3) is 0 Å².